The summed E-state index contributed by atoms with van der Waals surface area (Å²) >= 11 is 0. The van der Waals surface area contributed by atoms with E-state index in [4.69, 9.17) is 0 Å². The summed E-state index contributed by atoms with van der Waals surface area (Å²) in [5.41, 5.74) is -7.92. The van der Waals surface area contributed by atoms with Crippen molar-refractivity contribution in [2.45, 2.75) is 78.0 Å². The first-order valence-corrected chi connectivity index (χ1v) is 16.9. The van der Waals surface area contributed by atoms with Gasteiger partial charge in [0, 0.05) is 18.0 Å². The Kier molecular flexibility index (Phi) is 7.71. The summed E-state index contributed by atoms with van der Waals surface area (Å²) in [5, 5.41) is -0.825. The maximum absolute atomic E-state index is 15.0. The number of rotatable bonds is 4. The number of aryl methyl sites for hydroxylation is 1. The van der Waals surface area contributed by atoms with E-state index < -0.39 is 81.8 Å². The Balaban J connectivity index is 1.65. The first-order chi connectivity index (χ1) is 20.2. The fourth-order valence-corrected chi connectivity index (χ4v) is 10.9. The molecule has 2 aliphatic heterocycles. The zero-order valence-electron chi connectivity index (χ0n) is 23.1. The average molecular weight is 674 g/mol. The molecule has 5 rings (SSSR count). The summed E-state index contributed by atoms with van der Waals surface area (Å²) in [6.45, 7) is 1.30. The van der Waals surface area contributed by atoms with Crippen LogP contribution in [0, 0.1) is 11.7 Å². The number of likely N-dealkylation sites (tertiary alicyclic amines) is 1. The second-order valence-corrected chi connectivity index (χ2v) is 16.4. The van der Waals surface area contributed by atoms with Crippen LogP contribution in [-0.2, 0) is 41.3 Å². The van der Waals surface area contributed by atoms with E-state index in [1.54, 1.807) is 0 Å². The van der Waals surface area contributed by atoms with Gasteiger partial charge in [-0.25, -0.2) is 25.6 Å². The molecular formula is C28H27F8NO5S2. The molecule has 242 valence electrons. The Labute approximate surface area is 248 Å². The number of alkyl halides is 7. The van der Waals surface area contributed by atoms with Gasteiger partial charge in [-0.05, 0) is 74.4 Å². The van der Waals surface area contributed by atoms with Crippen molar-refractivity contribution in [3.63, 3.8) is 0 Å². The van der Waals surface area contributed by atoms with Gasteiger partial charge in [-0.1, -0.05) is 18.2 Å². The number of sulfone groups is 2. The summed E-state index contributed by atoms with van der Waals surface area (Å²) in [6.07, 6.45) is -13.6. The predicted octanol–water partition coefficient (Wildman–Crippen LogP) is 5.54. The van der Waals surface area contributed by atoms with Gasteiger partial charge < -0.3 is 4.90 Å². The fraction of sp³-hybridized carbons (Fsp3) is 0.536. The lowest BCUT2D eigenvalue weighted by Crippen LogP contribution is -2.54. The van der Waals surface area contributed by atoms with Crippen molar-refractivity contribution < 1.29 is 56.8 Å². The van der Waals surface area contributed by atoms with Gasteiger partial charge in [-0.15, -0.1) is 0 Å². The van der Waals surface area contributed by atoms with Crippen molar-refractivity contribution in [2.75, 3.05) is 12.3 Å². The summed E-state index contributed by atoms with van der Waals surface area (Å²) in [5.74, 6) is -2.29. The van der Waals surface area contributed by atoms with Crippen LogP contribution in [0.4, 0.5) is 35.1 Å². The molecule has 3 aliphatic rings. The summed E-state index contributed by atoms with van der Waals surface area (Å²) in [4.78, 5) is 14.7. The molecule has 0 saturated carbocycles. The van der Waals surface area contributed by atoms with E-state index in [0.29, 0.717) is 6.07 Å². The van der Waals surface area contributed by atoms with Gasteiger partial charge in [-0.3, -0.25) is 4.79 Å². The minimum Gasteiger partial charge on any atom is -0.337 e. The Morgan fingerprint density at radius 2 is 1.57 bits per heavy atom. The van der Waals surface area contributed by atoms with E-state index in [1.807, 2.05) is 0 Å². The SMILES string of the molecule is CC1CC(C(=O)N2CC[C@@]3(S(=O)(=O)c4ccc(F)cc4)c4ccc(C(F)(C(F)(F)F)C(F)(F)F)cc4CC[C@@H]23)CCS1(=O)=O. The highest BCUT2D eigenvalue weighted by Crippen LogP contribution is 2.57. The number of fused-ring (bicyclic) bond motifs is 3. The van der Waals surface area contributed by atoms with Gasteiger partial charge in [0.25, 0.3) is 0 Å². The summed E-state index contributed by atoms with van der Waals surface area (Å²) in [7, 11) is -8.03. The maximum atomic E-state index is 15.0. The highest BCUT2D eigenvalue weighted by molar-refractivity contribution is 7.92. The van der Waals surface area contributed by atoms with Crippen molar-refractivity contribution in [1.29, 1.82) is 0 Å². The first kappa shape index (κ1) is 32.6. The van der Waals surface area contributed by atoms with Gasteiger partial charge in [0.2, 0.25) is 5.91 Å². The van der Waals surface area contributed by atoms with E-state index in [0.717, 1.165) is 30.3 Å². The molecule has 16 heteroatoms. The van der Waals surface area contributed by atoms with Crippen LogP contribution in [0.3, 0.4) is 0 Å². The van der Waals surface area contributed by atoms with Crippen LogP contribution in [0.5, 0.6) is 0 Å². The first-order valence-electron chi connectivity index (χ1n) is 13.7. The van der Waals surface area contributed by atoms with Crippen LogP contribution in [0.25, 0.3) is 0 Å². The Hall–Kier alpha value is -2.75. The van der Waals surface area contributed by atoms with Gasteiger partial charge >= 0.3 is 18.0 Å². The molecule has 1 aliphatic carbocycles. The number of carbonyl (C=O) groups excluding carboxylic acids is 1. The molecular weight excluding hydrogens is 646 g/mol. The largest absolute Gasteiger partial charge is 0.435 e. The Morgan fingerprint density at radius 1 is 0.955 bits per heavy atom. The molecule has 2 saturated heterocycles. The van der Waals surface area contributed by atoms with Crippen LogP contribution < -0.4 is 0 Å². The highest BCUT2D eigenvalue weighted by Gasteiger charge is 2.74. The molecule has 2 fully saturated rings. The zero-order chi connectivity index (χ0) is 32.7. The number of amides is 1. The van der Waals surface area contributed by atoms with E-state index in [1.165, 1.54) is 11.8 Å². The Morgan fingerprint density at radius 3 is 2.14 bits per heavy atom. The number of nitrogens with zero attached hydrogens (tertiary/aromatic N) is 1. The van der Waals surface area contributed by atoms with Crippen molar-refractivity contribution in [3.05, 3.63) is 65.0 Å². The van der Waals surface area contributed by atoms with Gasteiger partial charge in [0.15, 0.2) is 19.7 Å². The second-order valence-electron chi connectivity index (χ2n) is 11.6. The van der Waals surface area contributed by atoms with Gasteiger partial charge in [0.1, 0.15) is 10.6 Å². The lowest BCUT2D eigenvalue weighted by atomic mass is 9.76. The monoisotopic (exact) mass is 673 g/mol. The molecule has 0 bridgehead atoms. The minimum absolute atomic E-state index is 0.000146. The molecule has 6 nitrogen and oxygen atoms in total. The van der Waals surface area contributed by atoms with E-state index >= 15 is 0 Å². The van der Waals surface area contributed by atoms with Crippen molar-refractivity contribution in [2.24, 2.45) is 5.92 Å². The molecule has 2 heterocycles. The molecule has 44 heavy (non-hydrogen) atoms. The third-order valence-corrected chi connectivity index (χ3v) is 14.1. The van der Waals surface area contributed by atoms with Crippen molar-refractivity contribution in [3.8, 4) is 0 Å². The highest BCUT2D eigenvalue weighted by atomic mass is 32.2. The van der Waals surface area contributed by atoms with E-state index in [9.17, 15) is 56.8 Å². The second kappa shape index (κ2) is 10.4. The van der Waals surface area contributed by atoms with Crippen LogP contribution in [0.15, 0.2) is 47.4 Å². The topological polar surface area (TPSA) is 88.6 Å². The molecule has 0 N–H and O–H groups in total. The quantitative estimate of drug-likeness (QED) is 0.314. The smallest absolute Gasteiger partial charge is 0.337 e. The molecule has 2 aromatic rings. The van der Waals surface area contributed by atoms with Crippen molar-refractivity contribution in [1.82, 2.24) is 4.90 Å². The van der Waals surface area contributed by atoms with Gasteiger partial charge in [-0.2, -0.15) is 26.3 Å². The molecule has 2 unspecified atom stereocenters. The average Bonchev–Trinajstić information content (AvgIpc) is 3.34. The van der Waals surface area contributed by atoms with E-state index in [2.05, 4.69) is 0 Å². The number of halogens is 8. The number of hydrogen-bond acceptors (Lipinski definition) is 5. The normalized spacial score (nSPS) is 27.5. The predicted molar refractivity (Wildman–Crippen MR) is 141 cm³/mol. The molecule has 0 aromatic heterocycles. The van der Waals surface area contributed by atoms with E-state index in [-0.39, 0.29) is 61.6 Å². The van der Waals surface area contributed by atoms with Crippen LogP contribution in [0.1, 0.15) is 49.3 Å². The molecule has 4 atom stereocenters. The van der Waals surface area contributed by atoms with Crippen LogP contribution >= 0.6 is 0 Å². The lowest BCUT2D eigenvalue weighted by molar-refractivity contribution is -0.348. The summed E-state index contributed by atoms with van der Waals surface area (Å²) < 4.78 is 161. The molecule has 0 radical (unpaired) electrons. The number of hydrogen-bond donors (Lipinski definition) is 0. The molecule has 0 spiro atoms. The van der Waals surface area contributed by atoms with Crippen LogP contribution in [0.2, 0.25) is 0 Å². The molecule has 1 amide bonds. The third kappa shape index (κ3) is 4.72. The van der Waals surface area contributed by atoms with Gasteiger partial charge in [0.05, 0.1) is 21.9 Å². The lowest BCUT2D eigenvalue weighted by Gasteiger charge is -2.44. The van der Waals surface area contributed by atoms with Crippen molar-refractivity contribution >= 4 is 25.6 Å². The third-order valence-electron chi connectivity index (χ3n) is 9.28. The van der Waals surface area contributed by atoms with Crippen LogP contribution in [-0.4, -0.2) is 63.6 Å². The molecule has 2 aromatic carbocycles. The fourth-order valence-electron chi connectivity index (χ4n) is 6.95. The summed E-state index contributed by atoms with van der Waals surface area (Å²) in [6, 6.07) is 3.93. The number of carbonyl (C=O) groups is 1. The Bertz CT molecular complexity index is 1680. The standard InChI is InChI=1S/C28H27F8NO5S2/c1-16-14-18(10-13-43(16,39)40)24(38)37-12-11-25(44(41,42)21-6-4-20(29)5-7-21)22-8-3-19(15-17(22)2-9-23(25)37)26(30,27(31,32)33)28(34,35)36/h3-8,15-16,18,23H,2,9-14H2,1H3/t16?,18?,23-,25-/m1/s1. The number of benzene rings is 2. The maximum Gasteiger partial charge on any atom is 0.435 e. The zero-order valence-corrected chi connectivity index (χ0v) is 24.7. The minimum atomic E-state index is -6.38.